The molecule has 3 aromatic rings. The minimum atomic E-state index is -0.507. The predicted molar refractivity (Wildman–Crippen MR) is 136 cm³/mol. The lowest BCUT2D eigenvalue weighted by molar-refractivity contribution is -0.120. The zero-order valence-corrected chi connectivity index (χ0v) is 19.6. The van der Waals surface area contributed by atoms with Gasteiger partial charge in [0.2, 0.25) is 11.8 Å². The van der Waals surface area contributed by atoms with Crippen LogP contribution in [0, 0.1) is 5.92 Å². The van der Waals surface area contributed by atoms with Crippen LogP contribution >= 0.6 is 0 Å². The van der Waals surface area contributed by atoms with Crippen molar-refractivity contribution in [1.82, 2.24) is 4.90 Å². The molecule has 0 unspecified atom stereocenters. The van der Waals surface area contributed by atoms with Crippen molar-refractivity contribution < 1.29 is 14.4 Å². The van der Waals surface area contributed by atoms with Crippen LogP contribution in [0.5, 0.6) is 0 Å². The number of aryl methyl sites for hydroxylation is 1. The maximum Gasteiger partial charge on any atom is 0.254 e. The summed E-state index contributed by atoms with van der Waals surface area (Å²) in [4.78, 5) is 41.1. The quantitative estimate of drug-likeness (QED) is 0.560. The van der Waals surface area contributed by atoms with E-state index in [1.54, 1.807) is 0 Å². The van der Waals surface area contributed by atoms with Crippen molar-refractivity contribution in [3.05, 3.63) is 71.8 Å². The molecule has 178 valence electrons. The molecule has 0 bridgehead atoms. The Morgan fingerprint density at radius 1 is 0.914 bits per heavy atom. The predicted octanol–water partition coefficient (Wildman–Crippen LogP) is 5.14. The van der Waals surface area contributed by atoms with Crippen LogP contribution in [0.25, 0.3) is 10.8 Å². The highest BCUT2D eigenvalue weighted by molar-refractivity contribution is 6.04. The van der Waals surface area contributed by atoms with Crippen LogP contribution in [0.1, 0.15) is 54.4 Å². The van der Waals surface area contributed by atoms with Crippen LogP contribution in [0.2, 0.25) is 0 Å². The molecule has 35 heavy (non-hydrogen) atoms. The van der Waals surface area contributed by atoms with Crippen LogP contribution in [-0.4, -0.2) is 34.7 Å². The van der Waals surface area contributed by atoms with Crippen molar-refractivity contribution >= 4 is 39.9 Å². The lowest BCUT2D eigenvalue weighted by atomic mass is 9.84. The van der Waals surface area contributed by atoms with Gasteiger partial charge in [-0.05, 0) is 72.2 Å². The summed E-state index contributed by atoms with van der Waals surface area (Å²) < 4.78 is 0. The average Bonchev–Trinajstić information content (AvgIpc) is 3.27. The fourth-order valence-electron chi connectivity index (χ4n) is 6.13. The number of hydrogen-bond acceptors (Lipinski definition) is 3. The molecule has 2 heterocycles. The molecule has 2 N–H and O–H groups in total. The van der Waals surface area contributed by atoms with E-state index in [-0.39, 0.29) is 23.8 Å². The maximum atomic E-state index is 13.8. The lowest BCUT2D eigenvalue weighted by Gasteiger charge is -2.33. The van der Waals surface area contributed by atoms with Gasteiger partial charge in [-0.3, -0.25) is 14.4 Å². The summed E-state index contributed by atoms with van der Waals surface area (Å²) in [5, 5.41) is 8.05. The zero-order valence-electron chi connectivity index (χ0n) is 19.6. The number of benzene rings is 3. The first-order valence-corrected chi connectivity index (χ1v) is 12.6. The summed E-state index contributed by atoms with van der Waals surface area (Å²) in [7, 11) is 0. The number of fused-ring (bicyclic) bond motifs is 3. The number of nitrogens with zero attached hydrogens (tertiary/aromatic N) is 1. The highest BCUT2D eigenvalue weighted by Crippen LogP contribution is 2.41. The van der Waals surface area contributed by atoms with E-state index in [9.17, 15) is 14.4 Å². The normalized spacial score (nSPS) is 23.4. The van der Waals surface area contributed by atoms with Crippen molar-refractivity contribution in [2.75, 3.05) is 10.6 Å². The van der Waals surface area contributed by atoms with E-state index in [1.807, 2.05) is 65.6 Å². The van der Waals surface area contributed by atoms with E-state index < -0.39 is 6.04 Å². The highest BCUT2D eigenvalue weighted by atomic mass is 16.2. The van der Waals surface area contributed by atoms with E-state index in [1.165, 1.54) is 0 Å². The highest BCUT2D eigenvalue weighted by Gasteiger charge is 2.47. The summed E-state index contributed by atoms with van der Waals surface area (Å²) in [5.74, 6) is 0.123. The van der Waals surface area contributed by atoms with Crippen molar-refractivity contribution in [3.8, 4) is 0 Å². The van der Waals surface area contributed by atoms with Crippen LogP contribution in [-0.2, 0) is 16.0 Å². The van der Waals surface area contributed by atoms with Gasteiger partial charge in [0, 0.05) is 29.4 Å². The molecule has 3 aromatic carbocycles. The van der Waals surface area contributed by atoms with Crippen molar-refractivity contribution in [2.24, 2.45) is 5.92 Å². The third-order valence-electron chi connectivity index (χ3n) is 7.89. The SMILES string of the molecule is O=C1CCc2ccc(NC(=O)[C@@H]3C[C@@H]4CCCC[C@@H]4N3C(=O)c3ccc4ccccc4c3)cc2N1. The fraction of sp³-hybridized carbons (Fsp3) is 0.345. The van der Waals surface area contributed by atoms with Crippen molar-refractivity contribution in [1.29, 1.82) is 0 Å². The van der Waals surface area contributed by atoms with Gasteiger partial charge < -0.3 is 15.5 Å². The Morgan fingerprint density at radius 3 is 2.63 bits per heavy atom. The third kappa shape index (κ3) is 4.07. The van der Waals surface area contributed by atoms with Crippen LogP contribution in [0.4, 0.5) is 11.4 Å². The van der Waals surface area contributed by atoms with Crippen LogP contribution < -0.4 is 10.6 Å². The molecule has 1 aliphatic carbocycles. The van der Waals surface area contributed by atoms with E-state index in [0.29, 0.717) is 36.4 Å². The second-order valence-corrected chi connectivity index (χ2v) is 10.0. The molecule has 6 heteroatoms. The molecular weight excluding hydrogens is 438 g/mol. The average molecular weight is 468 g/mol. The first-order chi connectivity index (χ1) is 17.1. The van der Waals surface area contributed by atoms with E-state index in [2.05, 4.69) is 10.6 Å². The van der Waals surface area contributed by atoms with Crippen LogP contribution in [0.15, 0.2) is 60.7 Å². The lowest BCUT2D eigenvalue weighted by Crippen LogP contribution is -2.47. The summed E-state index contributed by atoms with van der Waals surface area (Å²) >= 11 is 0. The summed E-state index contributed by atoms with van der Waals surface area (Å²) in [5.41, 5.74) is 3.10. The molecule has 1 saturated carbocycles. The minimum Gasteiger partial charge on any atom is -0.326 e. The van der Waals surface area contributed by atoms with Gasteiger partial charge in [-0.15, -0.1) is 0 Å². The van der Waals surface area contributed by atoms with Gasteiger partial charge in [-0.25, -0.2) is 0 Å². The van der Waals surface area contributed by atoms with Gasteiger partial charge in [0.25, 0.3) is 5.91 Å². The second kappa shape index (κ2) is 8.84. The summed E-state index contributed by atoms with van der Waals surface area (Å²) in [6.07, 6.45) is 6.11. The Balaban J connectivity index is 1.28. The third-order valence-corrected chi connectivity index (χ3v) is 7.89. The minimum absolute atomic E-state index is 0.00648. The van der Waals surface area contributed by atoms with Crippen LogP contribution in [0.3, 0.4) is 0 Å². The first-order valence-electron chi connectivity index (χ1n) is 12.6. The van der Waals surface area contributed by atoms with Gasteiger partial charge in [-0.2, -0.15) is 0 Å². The topological polar surface area (TPSA) is 78.5 Å². The molecule has 3 atom stereocenters. The van der Waals surface area contributed by atoms with Gasteiger partial charge in [0.15, 0.2) is 0 Å². The monoisotopic (exact) mass is 467 g/mol. The van der Waals surface area contributed by atoms with Gasteiger partial charge in [0.1, 0.15) is 6.04 Å². The Bertz CT molecular complexity index is 1330. The second-order valence-electron chi connectivity index (χ2n) is 10.0. The molecule has 0 radical (unpaired) electrons. The number of hydrogen-bond donors (Lipinski definition) is 2. The number of anilines is 2. The molecule has 2 fully saturated rings. The number of carbonyl (C=O) groups is 3. The smallest absolute Gasteiger partial charge is 0.254 e. The maximum absolute atomic E-state index is 13.8. The Labute approximate surface area is 204 Å². The number of likely N-dealkylation sites (tertiary alicyclic amines) is 1. The molecule has 3 aliphatic rings. The summed E-state index contributed by atoms with van der Waals surface area (Å²) in [6, 6.07) is 19.1. The van der Waals surface area contributed by atoms with E-state index in [0.717, 1.165) is 47.7 Å². The molecule has 0 aromatic heterocycles. The molecule has 6 nitrogen and oxygen atoms in total. The van der Waals surface area contributed by atoms with E-state index in [4.69, 9.17) is 0 Å². The molecule has 1 saturated heterocycles. The number of carbonyl (C=O) groups excluding carboxylic acids is 3. The first kappa shape index (κ1) is 21.8. The van der Waals surface area contributed by atoms with Gasteiger partial charge >= 0.3 is 0 Å². The largest absolute Gasteiger partial charge is 0.326 e. The number of rotatable bonds is 3. The Morgan fingerprint density at radius 2 is 1.74 bits per heavy atom. The zero-order chi connectivity index (χ0) is 23.9. The van der Waals surface area contributed by atoms with Crippen molar-refractivity contribution in [2.45, 2.75) is 57.0 Å². The van der Waals surface area contributed by atoms with Gasteiger partial charge in [-0.1, -0.05) is 49.2 Å². The summed E-state index contributed by atoms with van der Waals surface area (Å²) in [6.45, 7) is 0. The number of nitrogens with one attached hydrogen (secondary N) is 2. The van der Waals surface area contributed by atoms with Crippen molar-refractivity contribution in [3.63, 3.8) is 0 Å². The number of amides is 3. The molecule has 0 spiro atoms. The van der Waals surface area contributed by atoms with Gasteiger partial charge in [0.05, 0.1) is 0 Å². The standard InChI is InChI=1S/C29H29N3O3/c33-27-14-12-19-11-13-23(17-24(19)31-27)30-28(34)26-16-21-7-3-4-8-25(21)32(26)29(35)22-10-9-18-5-1-2-6-20(18)15-22/h1-2,5-6,9-11,13,15,17,21,25-26H,3-4,7-8,12,14,16H2,(H,30,34)(H,31,33)/t21-,25-,26-/m0/s1. The fourth-order valence-corrected chi connectivity index (χ4v) is 6.13. The molecule has 3 amide bonds. The Hall–Kier alpha value is -3.67. The molecule has 2 aliphatic heterocycles. The molecular formula is C29H29N3O3. The Kier molecular flexibility index (Phi) is 5.51. The molecule has 6 rings (SSSR count). The van der Waals surface area contributed by atoms with E-state index >= 15 is 0 Å².